The Kier molecular flexibility index (Phi) is 1.00. The first-order valence-corrected chi connectivity index (χ1v) is 4.12. The first-order chi connectivity index (χ1) is 5.98. The average Bonchev–Trinajstić information content (AvgIpc) is 2.57. The maximum Gasteiger partial charge on any atom is 0.415 e. The highest BCUT2D eigenvalue weighted by molar-refractivity contribution is 5.57. The molecule has 3 unspecified atom stereocenters. The van der Waals surface area contributed by atoms with Crippen LogP contribution in [0.4, 0.5) is 13.2 Å². The van der Waals surface area contributed by atoms with Crippen LogP contribution in [0.3, 0.4) is 0 Å². The van der Waals surface area contributed by atoms with Crippen LogP contribution in [0, 0.1) is 5.92 Å². The summed E-state index contributed by atoms with van der Waals surface area (Å²) in [5.74, 6) is -0.117. The van der Waals surface area contributed by atoms with Crippen molar-refractivity contribution in [1.29, 1.82) is 0 Å². The zero-order valence-electron chi connectivity index (χ0n) is 6.85. The first-order valence-electron chi connectivity index (χ1n) is 4.12. The van der Waals surface area contributed by atoms with Crippen LogP contribution >= 0.6 is 0 Å². The van der Waals surface area contributed by atoms with Gasteiger partial charge in [0.25, 0.3) is 0 Å². The molecular weight excluding hydrogens is 181 g/mol. The van der Waals surface area contributed by atoms with Crippen LogP contribution < -0.4 is 0 Å². The summed E-state index contributed by atoms with van der Waals surface area (Å²) in [5.41, 5.74) is -1.01. The standard InChI is InChI=1S/C9H7F3O/c1-4-5-2-3-6-8(5,13-6)7(4)9(10,11)12/h2-3,5-6H,1H3. The van der Waals surface area contributed by atoms with Crippen molar-refractivity contribution in [2.45, 2.75) is 24.8 Å². The van der Waals surface area contributed by atoms with Gasteiger partial charge in [-0.3, -0.25) is 0 Å². The third-order valence-corrected chi connectivity index (χ3v) is 3.16. The molecule has 1 nitrogen and oxygen atoms in total. The van der Waals surface area contributed by atoms with E-state index in [1.54, 1.807) is 6.08 Å². The Hall–Kier alpha value is -0.770. The van der Waals surface area contributed by atoms with Gasteiger partial charge in [0.05, 0.1) is 5.57 Å². The Morgan fingerprint density at radius 2 is 2.08 bits per heavy atom. The van der Waals surface area contributed by atoms with Crippen molar-refractivity contribution >= 4 is 0 Å². The van der Waals surface area contributed by atoms with Crippen LogP contribution in [0.15, 0.2) is 23.3 Å². The SMILES string of the molecule is CC1=C(C(F)(F)F)C23OC2C=CC13. The van der Waals surface area contributed by atoms with Crippen LogP contribution in [0.2, 0.25) is 0 Å². The lowest BCUT2D eigenvalue weighted by atomic mass is 9.69. The number of epoxide rings is 1. The van der Waals surface area contributed by atoms with Gasteiger partial charge in [-0.2, -0.15) is 13.2 Å². The molecule has 0 bridgehead atoms. The molecule has 0 radical (unpaired) electrons. The molecule has 13 heavy (non-hydrogen) atoms. The van der Waals surface area contributed by atoms with Crippen molar-refractivity contribution in [3.8, 4) is 0 Å². The van der Waals surface area contributed by atoms with E-state index in [4.69, 9.17) is 4.74 Å². The van der Waals surface area contributed by atoms with E-state index in [-0.39, 0.29) is 12.0 Å². The topological polar surface area (TPSA) is 12.5 Å². The number of hydrogen-bond acceptors (Lipinski definition) is 1. The molecule has 4 heteroatoms. The van der Waals surface area contributed by atoms with Gasteiger partial charge in [-0.1, -0.05) is 17.7 Å². The van der Waals surface area contributed by atoms with Gasteiger partial charge >= 0.3 is 6.18 Å². The molecule has 1 saturated heterocycles. The van der Waals surface area contributed by atoms with Gasteiger partial charge in [0, 0.05) is 5.92 Å². The molecule has 0 aromatic carbocycles. The van der Waals surface area contributed by atoms with E-state index < -0.39 is 17.4 Å². The molecule has 0 saturated carbocycles. The third kappa shape index (κ3) is 0.622. The van der Waals surface area contributed by atoms with Crippen molar-refractivity contribution in [3.05, 3.63) is 23.3 Å². The fourth-order valence-corrected chi connectivity index (χ4v) is 2.62. The molecule has 2 aliphatic carbocycles. The van der Waals surface area contributed by atoms with Crippen LogP contribution in [0.5, 0.6) is 0 Å². The number of hydrogen-bond donors (Lipinski definition) is 0. The predicted molar refractivity (Wildman–Crippen MR) is 39.0 cm³/mol. The number of halogens is 3. The van der Waals surface area contributed by atoms with E-state index in [0.29, 0.717) is 5.57 Å². The van der Waals surface area contributed by atoms with Crippen LogP contribution in [-0.2, 0) is 4.74 Å². The minimum Gasteiger partial charge on any atom is -0.356 e. The maximum atomic E-state index is 12.5. The van der Waals surface area contributed by atoms with Gasteiger partial charge in [-0.05, 0) is 6.92 Å². The highest BCUT2D eigenvalue weighted by atomic mass is 19.4. The van der Waals surface area contributed by atoms with Crippen molar-refractivity contribution < 1.29 is 17.9 Å². The molecular formula is C9H7F3O. The first kappa shape index (κ1) is 7.62. The minimum atomic E-state index is -4.22. The molecule has 1 aliphatic heterocycles. The molecule has 1 fully saturated rings. The third-order valence-electron chi connectivity index (χ3n) is 3.16. The minimum absolute atomic E-state index is 0.117. The summed E-state index contributed by atoms with van der Waals surface area (Å²) in [5, 5.41) is 0. The number of alkyl halides is 3. The van der Waals surface area contributed by atoms with Gasteiger partial charge in [0.1, 0.15) is 11.7 Å². The summed E-state index contributed by atoms with van der Waals surface area (Å²) >= 11 is 0. The summed E-state index contributed by atoms with van der Waals surface area (Å²) in [6.07, 6.45) is -0.981. The second-order valence-corrected chi connectivity index (χ2v) is 3.75. The Morgan fingerprint density at radius 1 is 1.38 bits per heavy atom. The molecule has 0 aromatic heterocycles. The van der Waals surface area contributed by atoms with E-state index in [1.807, 2.05) is 6.08 Å². The zero-order valence-corrected chi connectivity index (χ0v) is 6.85. The van der Waals surface area contributed by atoms with E-state index >= 15 is 0 Å². The van der Waals surface area contributed by atoms with Crippen molar-refractivity contribution in [2.24, 2.45) is 5.92 Å². The molecule has 70 valence electrons. The Labute approximate surface area is 72.9 Å². The summed E-state index contributed by atoms with van der Waals surface area (Å²) in [7, 11) is 0. The maximum absolute atomic E-state index is 12.5. The fourth-order valence-electron chi connectivity index (χ4n) is 2.62. The molecule has 1 spiro atoms. The Balaban J connectivity index is 2.09. The van der Waals surface area contributed by atoms with E-state index in [2.05, 4.69) is 0 Å². The van der Waals surface area contributed by atoms with E-state index in [9.17, 15) is 13.2 Å². The molecule has 3 rings (SSSR count). The number of ether oxygens (including phenoxy) is 1. The quantitative estimate of drug-likeness (QED) is 0.419. The summed E-state index contributed by atoms with van der Waals surface area (Å²) < 4.78 is 42.6. The molecule has 1 heterocycles. The second-order valence-electron chi connectivity index (χ2n) is 3.75. The van der Waals surface area contributed by atoms with Crippen LogP contribution in [-0.4, -0.2) is 17.9 Å². The Morgan fingerprint density at radius 3 is 2.62 bits per heavy atom. The van der Waals surface area contributed by atoms with Gasteiger partial charge in [-0.25, -0.2) is 0 Å². The lowest BCUT2D eigenvalue weighted by molar-refractivity contribution is -0.110. The Bertz CT molecular complexity index is 352. The highest BCUT2D eigenvalue weighted by Gasteiger charge is 2.76. The van der Waals surface area contributed by atoms with Gasteiger partial charge < -0.3 is 4.74 Å². The van der Waals surface area contributed by atoms with E-state index in [0.717, 1.165) is 0 Å². The molecule has 0 amide bonds. The molecule has 3 atom stereocenters. The van der Waals surface area contributed by atoms with Crippen molar-refractivity contribution in [3.63, 3.8) is 0 Å². The lowest BCUT2D eigenvalue weighted by Gasteiger charge is -2.36. The molecule has 0 aromatic rings. The second kappa shape index (κ2) is 1.71. The molecule has 3 aliphatic rings. The smallest absolute Gasteiger partial charge is 0.356 e. The van der Waals surface area contributed by atoms with E-state index in [1.165, 1.54) is 6.92 Å². The van der Waals surface area contributed by atoms with Crippen LogP contribution in [0.25, 0.3) is 0 Å². The van der Waals surface area contributed by atoms with Gasteiger partial charge in [0.2, 0.25) is 0 Å². The lowest BCUT2D eigenvalue weighted by Crippen LogP contribution is -2.43. The summed E-state index contributed by atoms with van der Waals surface area (Å²) in [4.78, 5) is 0. The van der Waals surface area contributed by atoms with Crippen molar-refractivity contribution in [2.75, 3.05) is 0 Å². The summed E-state index contributed by atoms with van der Waals surface area (Å²) in [6.45, 7) is 1.53. The summed E-state index contributed by atoms with van der Waals surface area (Å²) in [6, 6.07) is 0. The average molecular weight is 188 g/mol. The predicted octanol–water partition coefficient (Wildman–Crippen LogP) is 2.20. The monoisotopic (exact) mass is 188 g/mol. The van der Waals surface area contributed by atoms with Crippen LogP contribution in [0.1, 0.15) is 6.92 Å². The zero-order chi connectivity index (χ0) is 9.43. The largest absolute Gasteiger partial charge is 0.415 e. The van der Waals surface area contributed by atoms with Gasteiger partial charge in [0.15, 0.2) is 0 Å². The number of rotatable bonds is 0. The van der Waals surface area contributed by atoms with Gasteiger partial charge in [-0.15, -0.1) is 0 Å². The normalized spacial score (nSPS) is 45.8. The molecule has 0 N–H and O–H groups in total. The van der Waals surface area contributed by atoms with Crippen molar-refractivity contribution in [1.82, 2.24) is 0 Å². The highest BCUT2D eigenvalue weighted by Crippen LogP contribution is 2.67. The fraction of sp³-hybridized carbons (Fsp3) is 0.556.